The number of hydrogen-bond donors (Lipinski definition) is 1. The first-order valence-corrected chi connectivity index (χ1v) is 8.99. The van der Waals surface area contributed by atoms with Gasteiger partial charge in [0.2, 0.25) is 0 Å². The fourth-order valence-electron chi connectivity index (χ4n) is 3.17. The van der Waals surface area contributed by atoms with Gasteiger partial charge in [0.05, 0.1) is 18.0 Å². The minimum atomic E-state index is -0.469. The Morgan fingerprint density at radius 2 is 1.96 bits per heavy atom. The maximum absolute atomic E-state index is 12.4. The second-order valence-corrected chi connectivity index (χ2v) is 7.59. The van der Waals surface area contributed by atoms with Crippen LogP contribution in [0.3, 0.4) is 0 Å². The van der Waals surface area contributed by atoms with Crippen LogP contribution in [0.2, 0.25) is 0 Å². The van der Waals surface area contributed by atoms with Crippen LogP contribution in [0.5, 0.6) is 0 Å². The van der Waals surface area contributed by atoms with Crippen molar-refractivity contribution in [1.82, 2.24) is 10.2 Å². The van der Waals surface area contributed by atoms with E-state index in [4.69, 9.17) is 0 Å². The molecular weight excluding hydrogens is 318 g/mol. The fourth-order valence-corrected chi connectivity index (χ4v) is 4.00. The molecule has 1 aliphatic rings. The average molecular weight is 339 g/mol. The van der Waals surface area contributed by atoms with Crippen LogP contribution in [0.4, 0.5) is 4.79 Å². The number of piperidine rings is 1. The molecule has 0 aliphatic carbocycles. The SMILES string of the molecule is Cc1ccc(CNC(=O)N2CCC(C#N)(c3ccccc3)CC2)s1. The molecule has 2 aromatic rings. The van der Waals surface area contributed by atoms with Crippen LogP contribution in [0.15, 0.2) is 42.5 Å². The number of rotatable bonds is 3. The highest BCUT2D eigenvalue weighted by Gasteiger charge is 2.37. The molecule has 1 aliphatic heterocycles. The molecule has 1 N–H and O–H groups in total. The van der Waals surface area contributed by atoms with E-state index in [1.165, 1.54) is 4.88 Å². The van der Waals surface area contributed by atoms with E-state index in [1.807, 2.05) is 41.3 Å². The lowest BCUT2D eigenvalue weighted by Gasteiger charge is -2.37. The number of benzene rings is 1. The second-order valence-electron chi connectivity index (χ2n) is 6.22. The molecule has 0 unspecified atom stereocenters. The van der Waals surface area contributed by atoms with E-state index in [0.29, 0.717) is 32.5 Å². The monoisotopic (exact) mass is 339 g/mol. The third kappa shape index (κ3) is 3.44. The molecule has 1 aromatic heterocycles. The van der Waals surface area contributed by atoms with Crippen LogP contribution in [0.25, 0.3) is 0 Å². The van der Waals surface area contributed by atoms with Gasteiger partial charge in [-0.3, -0.25) is 0 Å². The van der Waals surface area contributed by atoms with E-state index in [2.05, 4.69) is 24.4 Å². The zero-order valence-electron chi connectivity index (χ0n) is 13.8. The van der Waals surface area contributed by atoms with E-state index < -0.39 is 5.41 Å². The summed E-state index contributed by atoms with van der Waals surface area (Å²) in [4.78, 5) is 16.6. The molecule has 0 radical (unpaired) electrons. The number of thiophene rings is 1. The number of nitriles is 1. The number of aryl methyl sites for hydroxylation is 1. The minimum Gasteiger partial charge on any atom is -0.333 e. The molecular formula is C19H21N3OS. The number of nitrogens with one attached hydrogen (secondary N) is 1. The molecule has 24 heavy (non-hydrogen) atoms. The van der Waals surface area contributed by atoms with Crippen molar-refractivity contribution in [1.29, 1.82) is 5.26 Å². The quantitative estimate of drug-likeness (QED) is 0.924. The zero-order valence-corrected chi connectivity index (χ0v) is 14.6. The Hall–Kier alpha value is -2.32. The van der Waals surface area contributed by atoms with E-state index in [1.54, 1.807) is 11.3 Å². The summed E-state index contributed by atoms with van der Waals surface area (Å²) in [5.41, 5.74) is 0.588. The van der Waals surface area contributed by atoms with E-state index in [-0.39, 0.29) is 6.03 Å². The number of likely N-dealkylation sites (tertiary alicyclic amines) is 1. The Morgan fingerprint density at radius 1 is 1.25 bits per heavy atom. The molecule has 2 amide bonds. The fraction of sp³-hybridized carbons (Fsp3) is 0.368. The van der Waals surface area contributed by atoms with Crippen molar-refractivity contribution in [2.24, 2.45) is 0 Å². The van der Waals surface area contributed by atoms with Gasteiger partial charge >= 0.3 is 6.03 Å². The molecule has 1 saturated heterocycles. The third-order valence-corrected chi connectivity index (χ3v) is 5.66. The topological polar surface area (TPSA) is 56.1 Å². The van der Waals surface area contributed by atoms with Gasteiger partial charge in [-0.05, 0) is 37.5 Å². The maximum Gasteiger partial charge on any atom is 0.317 e. The van der Waals surface area contributed by atoms with Crippen LogP contribution in [-0.4, -0.2) is 24.0 Å². The third-order valence-electron chi connectivity index (χ3n) is 4.65. The van der Waals surface area contributed by atoms with Gasteiger partial charge in [0.15, 0.2) is 0 Å². The first-order valence-electron chi connectivity index (χ1n) is 8.18. The Balaban J connectivity index is 1.58. The van der Waals surface area contributed by atoms with Gasteiger partial charge in [0, 0.05) is 22.8 Å². The van der Waals surface area contributed by atoms with Gasteiger partial charge in [-0.15, -0.1) is 11.3 Å². The van der Waals surface area contributed by atoms with E-state index >= 15 is 0 Å². The van der Waals surface area contributed by atoms with Crippen LogP contribution < -0.4 is 5.32 Å². The van der Waals surface area contributed by atoms with Gasteiger partial charge < -0.3 is 10.2 Å². The molecule has 5 heteroatoms. The second kappa shape index (κ2) is 7.06. The average Bonchev–Trinajstić information content (AvgIpc) is 3.06. The lowest BCUT2D eigenvalue weighted by Crippen LogP contribution is -2.48. The van der Waals surface area contributed by atoms with Gasteiger partial charge in [-0.25, -0.2) is 4.79 Å². The molecule has 0 spiro atoms. The molecule has 0 atom stereocenters. The standard InChI is InChI=1S/C19H21N3OS/c1-15-7-8-17(24-15)13-21-18(23)22-11-9-19(14-20,10-12-22)16-5-3-2-4-6-16/h2-8H,9-13H2,1H3,(H,21,23). The maximum atomic E-state index is 12.4. The highest BCUT2D eigenvalue weighted by molar-refractivity contribution is 7.11. The summed E-state index contributed by atoms with van der Waals surface area (Å²) in [6.45, 7) is 3.84. The van der Waals surface area contributed by atoms with E-state index in [0.717, 1.165) is 10.4 Å². The number of carbonyl (C=O) groups is 1. The summed E-state index contributed by atoms with van der Waals surface area (Å²) in [7, 11) is 0. The van der Waals surface area contributed by atoms with Crippen molar-refractivity contribution in [3.8, 4) is 6.07 Å². The highest BCUT2D eigenvalue weighted by atomic mass is 32.1. The van der Waals surface area contributed by atoms with Crippen molar-refractivity contribution in [3.63, 3.8) is 0 Å². The van der Waals surface area contributed by atoms with Crippen molar-refractivity contribution in [2.75, 3.05) is 13.1 Å². The van der Waals surface area contributed by atoms with Crippen molar-refractivity contribution in [2.45, 2.75) is 31.7 Å². The molecule has 124 valence electrons. The first-order chi connectivity index (χ1) is 11.6. The van der Waals surface area contributed by atoms with Gasteiger partial charge in [-0.2, -0.15) is 5.26 Å². The predicted molar refractivity (Wildman–Crippen MR) is 95.8 cm³/mol. The molecule has 1 aromatic carbocycles. The van der Waals surface area contributed by atoms with Crippen LogP contribution >= 0.6 is 11.3 Å². The summed E-state index contributed by atoms with van der Waals surface area (Å²) in [6.07, 6.45) is 1.36. The number of carbonyl (C=O) groups excluding carboxylic acids is 1. The zero-order chi connectivity index (χ0) is 17.0. The molecule has 2 heterocycles. The van der Waals surface area contributed by atoms with Crippen LogP contribution in [0.1, 0.15) is 28.2 Å². The van der Waals surface area contributed by atoms with Gasteiger partial charge in [0.25, 0.3) is 0 Å². The molecule has 0 bridgehead atoms. The summed E-state index contributed by atoms with van der Waals surface area (Å²) in [5.74, 6) is 0. The number of hydrogen-bond acceptors (Lipinski definition) is 3. The number of nitrogens with zero attached hydrogens (tertiary/aromatic N) is 2. The van der Waals surface area contributed by atoms with Crippen molar-refractivity contribution in [3.05, 3.63) is 57.8 Å². The number of amides is 2. The first kappa shape index (κ1) is 16.5. The summed E-state index contributed by atoms with van der Waals surface area (Å²) >= 11 is 1.70. The highest BCUT2D eigenvalue weighted by Crippen LogP contribution is 2.34. The molecule has 0 saturated carbocycles. The van der Waals surface area contributed by atoms with Gasteiger partial charge in [0.1, 0.15) is 0 Å². The molecule has 1 fully saturated rings. The van der Waals surface area contributed by atoms with E-state index in [9.17, 15) is 10.1 Å². The largest absolute Gasteiger partial charge is 0.333 e. The lowest BCUT2D eigenvalue weighted by atomic mass is 9.74. The normalized spacial score (nSPS) is 16.4. The van der Waals surface area contributed by atoms with Crippen LogP contribution in [-0.2, 0) is 12.0 Å². The molecule has 4 nitrogen and oxygen atoms in total. The van der Waals surface area contributed by atoms with Crippen molar-refractivity contribution < 1.29 is 4.79 Å². The number of urea groups is 1. The Bertz CT molecular complexity index is 739. The smallest absolute Gasteiger partial charge is 0.317 e. The Labute approximate surface area is 146 Å². The lowest BCUT2D eigenvalue weighted by molar-refractivity contribution is 0.171. The Kier molecular flexibility index (Phi) is 4.86. The molecule has 3 rings (SSSR count). The van der Waals surface area contributed by atoms with Crippen molar-refractivity contribution >= 4 is 17.4 Å². The predicted octanol–water partition coefficient (Wildman–Crippen LogP) is 3.82. The minimum absolute atomic E-state index is 0.0411. The van der Waals surface area contributed by atoms with Crippen LogP contribution in [0, 0.1) is 18.3 Å². The summed E-state index contributed by atoms with van der Waals surface area (Å²) in [6, 6.07) is 16.5. The Morgan fingerprint density at radius 3 is 2.54 bits per heavy atom. The van der Waals surface area contributed by atoms with Gasteiger partial charge in [-0.1, -0.05) is 30.3 Å². The summed E-state index contributed by atoms with van der Waals surface area (Å²) in [5, 5.41) is 12.7. The summed E-state index contributed by atoms with van der Waals surface area (Å²) < 4.78 is 0.